The molecule has 0 saturated carbocycles. The maximum atomic E-state index is 14.0. The molecule has 0 saturated heterocycles. The monoisotopic (exact) mass is 357 g/mol. The molecule has 1 atom stereocenters. The second-order valence-corrected chi connectivity index (χ2v) is 6.06. The number of hydrogen-bond donors (Lipinski definition) is 1. The third kappa shape index (κ3) is 4.78. The molecule has 0 amide bonds. The Morgan fingerprint density at radius 2 is 1.71 bits per heavy atom. The Bertz CT molecular complexity index is 622. The maximum absolute atomic E-state index is 14.0. The zero-order valence-electron chi connectivity index (χ0n) is 13.4. The number of halogens is 6. The normalized spacial score (nSPS) is 13.6. The quantitative estimate of drug-likeness (QED) is 0.477. The summed E-state index contributed by atoms with van der Waals surface area (Å²) in [5.74, 6) is -6.68. The molecule has 0 unspecified atom stereocenters. The first-order valence-corrected chi connectivity index (χ1v) is 7.02. The van der Waals surface area contributed by atoms with E-state index in [4.69, 9.17) is 4.74 Å². The lowest BCUT2D eigenvalue weighted by Gasteiger charge is -2.23. The number of rotatable bonds is 4. The average Bonchev–Trinajstić information content (AvgIpc) is 2.37. The van der Waals surface area contributed by atoms with Crippen LogP contribution in [-0.4, -0.2) is 23.8 Å². The molecule has 1 aromatic carbocycles. The molecule has 0 bridgehead atoms. The molecule has 0 heterocycles. The van der Waals surface area contributed by atoms with Gasteiger partial charge >= 0.3 is 12.1 Å². The lowest BCUT2D eigenvalue weighted by Crippen LogP contribution is -2.36. The number of hydrogen-bond acceptors (Lipinski definition) is 3. The fourth-order valence-corrected chi connectivity index (χ4v) is 1.82. The lowest BCUT2D eigenvalue weighted by molar-refractivity contribution is -0.142. The highest BCUT2D eigenvalue weighted by atomic mass is 19.4. The summed E-state index contributed by atoms with van der Waals surface area (Å²) in [6.07, 6.45) is -5.22. The van der Waals surface area contributed by atoms with Crippen LogP contribution in [-0.2, 0) is 4.74 Å². The molecule has 1 rings (SSSR count). The molecular formula is C15H17F6NO2. The van der Waals surface area contributed by atoms with E-state index in [1.54, 1.807) is 5.32 Å². The smallest absolute Gasteiger partial charge is 0.408 e. The van der Waals surface area contributed by atoms with E-state index in [0.29, 0.717) is 6.07 Å². The molecule has 0 spiro atoms. The molecule has 0 aromatic heterocycles. The third-order valence-electron chi connectivity index (χ3n) is 2.89. The number of benzene rings is 1. The topological polar surface area (TPSA) is 38.3 Å². The van der Waals surface area contributed by atoms with E-state index in [1.807, 2.05) is 0 Å². The van der Waals surface area contributed by atoms with Crippen LogP contribution in [0.4, 0.5) is 32.0 Å². The van der Waals surface area contributed by atoms with Gasteiger partial charge in [0.2, 0.25) is 0 Å². The van der Waals surface area contributed by atoms with Gasteiger partial charge in [0.05, 0.1) is 5.69 Å². The van der Waals surface area contributed by atoms with Gasteiger partial charge in [-0.05, 0) is 27.2 Å². The Kier molecular flexibility index (Phi) is 5.78. The van der Waals surface area contributed by atoms with Crippen molar-refractivity contribution in [3.63, 3.8) is 0 Å². The van der Waals surface area contributed by atoms with Crippen LogP contribution in [0.1, 0.15) is 44.5 Å². The second-order valence-electron chi connectivity index (χ2n) is 6.06. The Morgan fingerprint density at radius 1 is 1.17 bits per heavy atom. The van der Waals surface area contributed by atoms with Crippen LogP contribution in [0.3, 0.4) is 0 Å². The van der Waals surface area contributed by atoms with Gasteiger partial charge < -0.3 is 10.1 Å². The minimum absolute atomic E-state index is 0.298. The fourth-order valence-electron chi connectivity index (χ4n) is 1.82. The molecule has 3 nitrogen and oxygen atoms in total. The van der Waals surface area contributed by atoms with Crippen LogP contribution in [0.2, 0.25) is 0 Å². The van der Waals surface area contributed by atoms with Crippen molar-refractivity contribution in [3.05, 3.63) is 29.1 Å². The van der Waals surface area contributed by atoms with Crippen LogP contribution in [0.15, 0.2) is 6.07 Å². The number of anilines is 1. The number of ether oxygens (including phenoxy) is 1. The number of nitrogens with one attached hydrogen (secondary N) is 1. The molecular weight excluding hydrogens is 340 g/mol. The first-order chi connectivity index (χ1) is 10.8. The van der Waals surface area contributed by atoms with E-state index < -0.39 is 58.9 Å². The molecule has 136 valence electrons. The summed E-state index contributed by atoms with van der Waals surface area (Å²) in [5, 5.41) is 1.70. The van der Waals surface area contributed by atoms with E-state index >= 15 is 0 Å². The maximum Gasteiger partial charge on any atom is 0.408 e. The average molecular weight is 357 g/mol. The van der Waals surface area contributed by atoms with Crippen LogP contribution in [0.5, 0.6) is 0 Å². The summed E-state index contributed by atoms with van der Waals surface area (Å²) in [5.41, 5.74) is -3.41. The van der Waals surface area contributed by atoms with Crippen molar-refractivity contribution in [3.8, 4) is 0 Å². The van der Waals surface area contributed by atoms with Crippen molar-refractivity contribution in [2.75, 3.05) is 5.32 Å². The van der Waals surface area contributed by atoms with Gasteiger partial charge in [-0.2, -0.15) is 13.2 Å². The van der Waals surface area contributed by atoms with Gasteiger partial charge in [0.25, 0.3) is 0 Å². The zero-order chi connectivity index (χ0) is 18.9. The van der Waals surface area contributed by atoms with Gasteiger partial charge in [-0.1, -0.05) is 6.92 Å². The van der Waals surface area contributed by atoms with Crippen molar-refractivity contribution in [1.29, 1.82) is 0 Å². The van der Waals surface area contributed by atoms with Crippen molar-refractivity contribution in [2.24, 2.45) is 0 Å². The molecule has 1 N–H and O–H groups in total. The van der Waals surface area contributed by atoms with Crippen LogP contribution >= 0.6 is 0 Å². The van der Waals surface area contributed by atoms with E-state index in [1.165, 1.54) is 27.7 Å². The first-order valence-electron chi connectivity index (χ1n) is 7.02. The number of carbonyl (C=O) groups excluding carboxylic acids is 1. The second kappa shape index (κ2) is 6.90. The molecule has 0 aliphatic heterocycles. The SMILES string of the molecule is CC[C@@H](Nc1cc(F)c(C(=O)OC(C)(C)C)c(F)c1F)C(F)(F)F. The standard InChI is InChI=1S/C15H17F6NO2/c1-5-9(15(19,20)21)22-8-6-7(16)10(12(18)11(8)17)13(23)24-14(2,3)4/h6,9,22H,5H2,1-4H3/t9-/m1/s1. The molecule has 0 aliphatic carbocycles. The van der Waals surface area contributed by atoms with Crippen LogP contribution < -0.4 is 5.32 Å². The predicted molar refractivity (Wildman–Crippen MR) is 75.2 cm³/mol. The van der Waals surface area contributed by atoms with Gasteiger partial charge in [-0.3, -0.25) is 0 Å². The van der Waals surface area contributed by atoms with Gasteiger partial charge in [0.15, 0.2) is 11.6 Å². The molecule has 1 aromatic rings. The Labute approximate surface area is 135 Å². The van der Waals surface area contributed by atoms with E-state index in [0.717, 1.165) is 0 Å². The molecule has 24 heavy (non-hydrogen) atoms. The van der Waals surface area contributed by atoms with Gasteiger partial charge in [0.1, 0.15) is 23.0 Å². The van der Waals surface area contributed by atoms with E-state index in [9.17, 15) is 31.1 Å². The fraction of sp³-hybridized carbons (Fsp3) is 0.533. The van der Waals surface area contributed by atoms with E-state index in [2.05, 4.69) is 0 Å². The minimum Gasteiger partial charge on any atom is -0.456 e. The van der Waals surface area contributed by atoms with Gasteiger partial charge in [-0.15, -0.1) is 0 Å². The molecule has 0 fully saturated rings. The summed E-state index contributed by atoms with van der Waals surface area (Å²) < 4.78 is 84.6. The molecule has 0 radical (unpaired) electrons. The van der Waals surface area contributed by atoms with Crippen molar-refractivity contribution in [1.82, 2.24) is 0 Å². The van der Waals surface area contributed by atoms with Gasteiger partial charge in [0, 0.05) is 6.07 Å². The highest BCUT2D eigenvalue weighted by Gasteiger charge is 2.39. The number of carbonyl (C=O) groups is 1. The Balaban J connectivity index is 3.25. The van der Waals surface area contributed by atoms with Crippen LogP contribution in [0.25, 0.3) is 0 Å². The number of alkyl halides is 3. The molecule has 0 aliphatic rings. The number of esters is 1. The summed E-state index contributed by atoms with van der Waals surface area (Å²) in [6, 6.07) is -1.90. The highest BCUT2D eigenvalue weighted by Crippen LogP contribution is 2.30. The summed E-state index contributed by atoms with van der Waals surface area (Å²) in [4.78, 5) is 11.7. The first kappa shape index (κ1) is 20.1. The highest BCUT2D eigenvalue weighted by molar-refractivity contribution is 5.91. The third-order valence-corrected chi connectivity index (χ3v) is 2.89. The predicted octanol–water partition coefficient (Wildman–Crippen LogP) is 4.81. The zero-order valence-corrected chi connectivity index (χ0v) is 13.4. The summed E-state index contributed by atoms with van der Waals surface area (Å²) >= 11 is 0. The summed E-state index contributed by atoms with van der Waals surface area (Å²) in [7, 11) is 0. The van der Waals surface area contributed by atoms with Crippen LogP contribution in [0, 0.1) is 17.5 Å². The van der Waals surface area contributed by atoms with E-state index in [-0.39, 0.29) is 0 Å². The minimum atomic E-state index is -4.74. The Morgan fingerprint density at radius 3 is 2.12 bits per heavy atom. The lowest BCUT2D eigenvalue weighted by atomic mass is 10.1. The largest absolute Gasteiger partial charge is 0.456 e. The van der Waals surface area contributed by atoms with Crippen molar-refractivity contribution < 1.29 is 35.9 Å². The van der Waals surface area contributed by atoms with Crippen molar-refractivity contribution in [2.45, 2.75) is 51.9 Å². The molecule has 9 heteroatoms. The Hall–Kier alpha value is -1.93. The summed E-state index contributed by atoms with van der Waals surface area (Å²) in [6.45, 7) is 5.47. The van der Waals surface area contributed by atoms with Crippen molar-refractivity contribution >= 4 is 11.7 Å². The van der Waals surface area contributed by atoms with Gasteiger partial charge in [-0.25, -0.2) is 18.0 Å².